The molecule has 2 aromatic rings. The molecular weight excluding hydrogens is 538 g/mol. The second kappa shape index (κ2) is 15.5. The first kappa shape index (κ1) is 36.0. The van der Waals surface area contributed by atoms with E-state index in [2.05, 4.69) is 65.6 Å². The van der Waals surface area contributed by atoms with Crippen LogP contribution in [-0.4, -0.2) is 34.9 Å². The largest absolute Gasteiger partial charge is 0.507 e. The zero-order valence-corrected chi connectivity index (χ0v) is 28.4. The third-order valence-electron chi connectivity index (χ3n) is 8.03. The average Bonchev–Trinajstić information content (AvgIpc) is 2.94. The standard InChI is InChI=1S/C37H57NO5/c1-12-27(13-2)42-31-22-26(23-32(34(31)40)43-28(14-3)15-4)24(5)35(41)38-19-17-16-18-25-20-29(36(6,7)8)33(39)30(21-25)37(9,10)11/h20-23,27-28,39-40H,5,12-19H2,1-4,6-11H3,(H,38,41). The van der Waals surface area contributed by atoms with Crippen LogP contribution in [0.5, 0.6) is 23.0 Å². The molecule has 0 radical (unpaired) electrons. The monoisotopic (exact) mass is 595 g/mol. The van der Waals surface area contributed by atoms with Crippen LogP contribution in [0.4, 0.5) is 0 Å². The van der Waals surface area contributed by atoms with Crippen molar-refractivity contribution in [1.82, 2.24) is 5.32 Å². The molecule has 6 nitrogen and oxygen atoms in total. The van der Waals surface area contributed by atoms with E-state index >= 15 is 0 Å². The fraction of sp³-hybridized carbons (Fsp3) is 0.595. The lowest BCUT2D eigenvalue weighted by Crippen LogP contribution is -2.25. The van der Waals surface area contributed by atoms with Crippen molar-refractivity contribution < 1.29 is 24.5 Å². The van der Waals surface area contributed by atoms with Crippen molar-refractivity contribution in [2.75, 3.05) is 6.54 Å². The van der Waals surface area contributed by atoms with Crippen molar-refractivity contribution in [2.45, 2.75) is 137 Å². The number of benzene rings is 2. The van der Waals surface area contributed by atoms with Crippen molar-refractivity contribution in [3.05, 3.63) is 53.1 Å². The number of phenolic OH excluding ortho intramolecular Hbond substituents is 2. The predicted molar refractivity (Wildman–Crippen MR) is 179 cm³/mol. The summed E-state index contributed by atoms with van der Waals surface area (Å²) in [5.41, 5.74) is 3.66. The summed E-state index contributed by atoms with van der Waals surface area (Å²) in [4.78, 5) is 13.1. The maximum Gasteiger partial charge on any atom is 0.251 e. The van der Waals surface area contributed by atoms with E-state index in [0.717, 1.165) is 56.1 Å². The molecule has 2 aromatic carbocycles. The number of aryl methyl sites for hydroxylation is 1. The Morgan fingerprint density at radius 2 is 1.21 bits per heavy atom. The summed E-state index contributed by atoms with van der Waals surface area (Å²) >= 11 is 0. The van der Waals surface area contributed by atoms with Crippen LogP contribution < -0.4 is 14.8 Å². The normalized spacial score (nSPS) is 12.1. The van der Waals surface area contributed by atoms with E-state index in [1.807, 2.05) is 27.7 Å². The number of nitrogens with one attached hydrogen (secondary N) is 1. The number of rotatable bonds is 15. The molecule has 0 bridgehead atoms. The highest BCUT2D eigenvalue weighted by atomic mass is 16.5. The SMILES string of the molecule is C=C(C(=O)NCCCCc1cc(C(C)(C)C)c(O)c(C(C)(C)C)c1)c1cc(OC(CC)CC)c(O)c(OC(CC)CC)c1. The minimum absolute atomic E-state index is 0.0470. The first-order chi connectivity index (χ1) is 20.1. The van der Waals surface area contributed by atoms with Crippen LogP contribution in [-0.2, 0) is 22.0 Å². The van der Waals surface area contributed by atoms with Crippen molar-refractivity contribution in [3.63, 3.8) is 0 Å². The predicted octanol–water partition coefficient (Wildman–Crippen LogP) is 8.98. The van der Waals surface area contributed by atoms with Crippen LogP contribution in [0.1, 0.15) is 130 Å². The van der Waals surface area contributed by atoms with E-state index in [-0.39, 0.29) is 34.7 Å². The molecule has 0 saturated carbocycles. The number of amides is 1. The third kappa shape index (κ3) is 9.94. The molecular formula is C37H57NO5. The lowest BCUT2D eigenvalue weighted by molar-refractivity contribution is -0.115. The molecule has 0 heterocycles. The molecule has 0 aliphatic carbocycles. The van der Waals surface area contributed by atoms with Crippen molar-refractivity contribution in [1.29, 1.82) is 0 Å². The molecule has 0 spiro atoms. The minimum atomic E-state index is -0.262. The number of phenols is 2. The van der Waals surface area contributed by atoms with Gasteiger partial charge in [-0.2, -0.15) is 0 Å². The fourth-order valence-electron chi connectivity index (χ4n) is 5.08. The molecule has 2 rings (SSSR count). The number of hydrogen-bond donors (Lipinski definition) is 3. The molecule has 0 aliphatic heterocycles. The Hall–Kier alpha value is -3.15. The zero-order chi connectivity index (χ0) is 32.5. The fourth-order valence-corrected chi connectivity index (χ4v) is 5.08. The van der Waals surface area contributed by atoms with E-state index in [1.165, 1.54) is 5.56 Å². The van der Waals surface area contributed by atoms with Gasteiger partial charge in [-0.05, 0) is 90.2 Å². The lowest BCUT2D eigenvalue weighted by Gasteiger charge is -2.28. The molecule has 0 atom stereocenters. The van der Waals surface area contributed by atoms with Crippen molar-refractivity contribution in [3.8, 4) is 23.0 Å². The molecule has 6 heteroatoms. The summed E-state index contributed by atoms with van der Waals surface area (Å²) in [6.45, 7) is 25.5. The van der Waals surface area contributed by atoms with Gasteiger partial charge in [-0.1, -0.05) is 87.9 Å². The van der Waals surface area contributed by atoms with E-state index in [0.29, 0.717) is 34.9 Å². The second-order valence-corrected chi connectivity index (χ2v) is 13.7. The van der Waals surface area contributed by atoms with Crippen LogP contribution >= 0.6 is 0 Å². The highest BCUT2D eigenvalue weighted by Crippen LogP contribution is 2.42. The highest BCUT2D eigenvalue weighted by Gasteiger charge is 2.26. The number of hydrogen-bond acceptors (Lipinski definition) is 5. The van der Waals surface area contributed by atoms with E-state index in [9.17, 15) is 15.0 Å². The lowest BCUT2D eigenvalue weighted by atomic mass is 9.78. The first-order valence-electron chi connectivity index (χ1n) is 16.1. The van der Waals surface area contributed by atoms with Gasteiger partial charge < -0.3 is 25.0 Å². The summed E-state index contributed by atoms with van der Waals surface area (Å²) in [6.07, 6.45) is 5.62. The van der Waals surface area contributed by atoms with Gasteiger partial charge in [-0.15, -0.1) is 0 Å². The van der Waals surface area contributed by atoms with Gasteiger partial charge >= 0.3 is 0 Å². The second-order valence-electron chi connectivity index (χ2n) is 13.7. The van der Waals surface area contributed by atoms with Gasteiger partial charge in [0.1, 0.15) is 5.75 Å². The molecule has 0 aliphatic rings. The summed E-state index contributed by atoms with van der Waals surface area (Å²) in [7, 11) is 0. The summed E-state index contributed by atoms with van der Waals surface area (Å²) in [5.74, 6) is 0.695. The molecule has 3 N–H and O–H groups in total. The Kier molecular flexibility index (Phi) is 13.0. The van der Waals surface area contributed by atoms with Gasteiger partial charge in [-0.3, -0.25) is 4.79 Å². The zero-order valence-electron chi connectivity index (χ0n) is 28.4. The van der Waals surface area contributed by atoms with E-state index in [1.54, 1.807) is 12.1 Å². The van der Waals surface area contributed by atoms with Gasteiger partial charge in [0, 0.05) is 12.1 Å². The molecule has 240 valence electrons. The number of ether oxygens (including phenoxy) is 2. The Morgan fingerprint density at radius 1 is 0.767 bits per heavy atom. The molecule has 0 aromatic heterocycles. The first-order valence-corrected chi connectivity index (χ1v) is 16.1. The molecule has 0 saturated heterocycles. The maximum absolute atomic E-state index is 13.1. The molecule has 43 heavy (non-hydrogen) atoms. The number of unbranched alkanes of at least 4 members (excludes halogenated alkanes) is 1. The highest BCUT2D eigenvalue weighted by molar-refractivity contribution is 6.18. The quantitative estimate of drug-likeness (QED) is 0.141. The van der Waals surface area contributed by atoms with Gasteiger partial charge in [0.05, 0.1) is 12.2 Å². The van der Waals surface area contributed by atoms with Crippen molar-refractivity contribution in [2.24, 2.45) is 0 Å². The topological polar surface area (TPSA) is 88.0 Å². The Labute approximate surface area is 260 Å². The summed E-state index contributed by atoms with van der Waals surface area (Å²) in [6, 6.07) is 7.61. The van der Waals surface area contributed by atoms with Gasteiger partial charge in [0.15, 0.2) is 11.5 Å². The summed E-state index contributed by atoms with van der Waals surface area (Å²) in [5, 5.41) is 25.0. The van der Waals surface area contributed by atoms with Crippen LogP contribution in [0.25, 0.3) is 5.57 Å². The average molecular weight is 596 g/mol. The van der Waals surface area contributed by atoms with Gasteiger partial charge in [0.25, 0.3) is 5.91 Å². The number of carbonyl (C=O) groups is 1. The van der Waals surface area contributed by atoms with Gasteiger partial charge in [-0.25, -0.2) is 0 Å². The maximum atomic E-state index is 13.1. The Balaban J connectivity index is 2.13. The summed E-state index contributed by atoms with van der Waals surface area (Å²) < 4.78 is 12.2. The minimum Gasteiger partial charge on any atom is -0.507 e. The number of aromatic hydroxyl groups is 2. The van der Waals surface area contributed by atoms with E-state index < -0.39 is 0 Å². The Bertz CT molecular complexity index is 1160. The molecule has 0 fully saturated rings. The van der Waals surface area contributed by atoms with Crippen LogP contribution in [0.3, 0.4) is 0 Å². The molecule has 0 unspecified atom stereocenters. The van der Waals surface area contributed by atoms with Crippen LogP contribution in [0.2, 0.25) is 0 Å². The Morgan fingerprint density at radius 3 is 1.60 bits per heavy atom. The van der Waals surface area contributed by atoms with Gasteiger partial charge in [0.2, 0.25) is 5.75 Å². The third-order valence-corrected chi connectivity index (χ3v) is 8.03. The smallest absolute Gasteiger partial charge is 0.251 e. The van der Waals surface area contributed by atoms with Crippen molar-refractivity contribution >= 4 is 11.5 Å². The molecule has 1 amide bonds. The van der Waals surface area contributed by atoms with E-state index in [4.69, 9.17) is 9.47 Å². The van der Waals surface area contributed by atoms with Crippen LogP contribution in [0.15, 0.2) is 30.8 Å². The van der Waals surface area contributed by atoms with Crippen LogP contribution in [0, 0.1) is 0 Å². The number of carbonyl (C=O) groups excluding carboxylic acids is 1.